The molecule has 10 heteroatoms. The van der Waals surface area contributed by atoms with Crippen LogP contribution in [0.3, 0.4) is 0 Å². The lowest BCUT2D eigenvalue weighted by Gasteiger charge is -2.04. The van der Waals surface area contributed by atoms with Gasteiger partial charge in [0.2, 0.25) is 0 Å². The molecule has 4 aromatic rings. The van der Waals surface area contributed by atoms with Crippen molar-refractivity contribution >= 4 is 55.7 Å². The summed E-state index contributed by atoms with van der Waals surface area (Å²) in [5, 5.41) is 22.0. The fourth-order valence-electron chi connectivity index (χ4n) is 3.00. The highest BCUT2D eigenvalue weighted by atomic mass is 79.9. The zero-order valence-corrected chi connectivity index (χ0v) is 21.1. The number of aromatic nitrogens is 3. The number of hydrogen-bond donors (Lipinski definition) is 3. The molecule has 0 aliphatic heterocycles. The quantitative estimate of drug-likeness (QED) is 0.125. The molecular formula is C23H18Br2N5O2S+. The highest BCUT2D eigenvalue weighted by Crippen LogP contribution is 2.23. The molecule has 1 amide bonds. The molecule has 7 nitrogen and oxygen atoms in total. The minimum absolute atomic E-state index is 0.0751. The molecule has 166 valence electrons. The molecule has 0 aliphatic carbocycles. The summed E-state index contributed by atoms with van der Waals surface area (Å²) in [5.74, 6) is 0.689. The van der Waals surface area contributed by atoms with Crippen LogP contribution in [0.15, 0.2) is 92.0 Å². The van der Waals surface area contributed by atoms with Gasteiger partial charge in [0, 0.05) is 14.5 Å². The summed E-state index contributed by atoms with van der Waals surface area (Å²) < 4.78 is 3.73. The number of H-pyrrole nitrogens is 1. The molecule has 0 radical (unpaired) electrons. The Balaban J connectivity index is 1.50. The van der Waals surface area contributed by atoms with E-state index in [1.165, 1.54) is 18.0 Å². The van der Waals surface area contributed by atoms with Crippen LogP contribution in [0.25, 0.3) is 17.1 Å². The molecule has 1 aromatic heterocycles. The fraction of sp³-hybridized carbons (Fsp3) is 0.0435. The molecule has 0 saturated heterocycles. The molecule has 4 rings (SSSR count). The molecule has 0 bridgehead atoms. The van der Waals surface area contributed by atoms with Gasteiger partial charge in [-0.05, 0) is 60.3 Å². The molecule has 0 spiro atoms. The Morgan fingerprint density at radius 3 is 2.67 bits per heavy atom. The number of nitrogens with zero attached hydrogens (tertiary/aromatic N) is 3. The van der Waals surface area contributed by atoms with Gasteiger partial charge in [-0.3, -0.25) is 4.79 Å². The van der Waals surface area contributed by atoms with E-state index in [0.717, 1.165) is 26.0 Å². The van der Waals surface area contributed by atoms with Crippen molar-refractivity contribution in [2.75, 3.05) is 5.75 Å². The van der Waals surface area contributed by atoms with E-state index in [-0.39, 0.29) is 17.4 Å². The number of rotatable bonds is 7. The molecule has 0 fully saturated rings. The minimum Gasteiger partial charge on any atom is -0.507 e. The maximum absolute atomic E-state index is 12.4. The number of carbonyl (C=O) groups excluding carboxylic acids is 1. The van der Waals surface area contributed by atoms with Crippen molar-refractivity contribution in [1.29, 1.82) is 0 Å². The molecule has 0 aliphatic rings. The molecule has 33 heavy (non-hydrogen) atoms. The summed E-state index contributed by atoms with van der Waals surface area (Å²) in [6.07, 6.45) is 1.40. The number of halogens is 2. The van der Waals surface area contributed by atoms with Gasteiger partial charge in [0.25, 0.3) is 11.7 Å². The number of benzene rings is 3. The van der Waals surface area contributed by atoms with Crippen LogP contribution in [0.5, 0.6) is 5.75 Å². The minimum atomic E-state index is -0.294. The first-order valence-corrected chi connectivity index (χ1v) is 12.3. The van der Waals surface area contributed by atoms with Gasteiger partial charge in [-0.15, -0.1) is 5.10 Å². The molecule has 0 unspecified atom stereocenters. The fourth-order valence-corrected chi connectivity index (χ4v) is 4.54. The van der Waals surface area contributed by atoms with E-state index < -0.39 is 0 Å². The molecule has 3 aromatic carbocycles. The number of hydrazone groups is 1. The summed E-state index contributed by atoms with van der Waals surface area (Å²) in [6.45, 7) is 0. The second kappa shape index (κ2) is 10.8. The summed E-state index contributed by atoms with van der Waals surface area (Å²) in [6, 6.07) is 22.7. The SMILES string of the molecule is O=C(CSc1n[nH]c(-c2cccc(Br)c2)[n+]1-c1ccccc1)N/N=C/c1cc(Br)ccc1O. The second-order valence-electron chi connectivity index (χ2n) is 6.82. The number of nitrogens with one attached hydrogen (secondary N) is 2. The Hall–Kier alpha value is -2.95. The number of aromatic amines is 1. The van der Waals surface area contributed by atoms with E-state index in [1.807, 2.05) is 59.2 Å². The van der Waals surface area contributed by atoms with Gasteiger partial charge in [-0.25, -0.2) is 5.43 Å². The van der Waals surface area contributed by atoms with E-state index in [0.29, 0.717) is 10.7 Å². The van der Waals surface area contributed by atoms with Crippen molar-refractivity contribution in [3.05, 3.63) is 87.3 Å². The van der Waals surface area contributed by atoms with Gasteiger partial charge in [0.15, 0.2) is 0 Å². The van der Waals surface area contributed by atoms with Crippen molar-refractivity contribution in [1.82, 2.24) is 15.6 Å². The van der Waals surface area contributed by atoms with Crippen LogP contribution >= 0.6 is 43.6 Å². The number of amides is 1. The molecule has 1 heterocycles. The first-order valence-electron chi connectivity index (χ1n) is 9.76. The van der Waals surface area contributed by atoms with Gasteiger partial charge in [-0.2, -0.15) is 9.67 Å². The van der Waals surface area contributed by atoms with Gasteiger partial charge in [0.05, 0.1) is 22.6 Å². The molecule has 0 saturated carbocycles. The third kappa shape index (κ3) is 5.89. The monoisotopic (exact) mass is 586 g/mol. The summed E-state index contributed by atoms with van der Waals surface area (Å²) in [4.78, 5) is 12.4. The summed E-state index contributed by atoms with van der Waals surface area (Å²) >= 11 is 8.14. The van der Waals surface area contributed by atoms with Crippen molar-refractivity contribution < 1.29 is 14.5 Å². The zero-order valence-electron chi connectivity index (χ0n) is 17.1. The number of thioether (sulfide) groups is 1. The number of phenols is 1. The number of hydrogen-bond acceptors (Lipinski definition) is 5. The van der Waals surface area contributed by atoms with Crippen molar-refractivity contribution in [3.8, 4) is 22.8 Å². The standard InChI is InChI=1S/C23H17Br2N5O2S/c24-17-6-4-5-15(11-17)22-28-29-23(30(22)19-7-2-1-3-8-19)33-14-21(32)27-26-13-16-12-18(25)9-10-20(16)31/h1-13H,14H2,(H2,26,27,31,32)/p+1. The normalized spacial score (nSPS) is 11.1. The summed E-state index contributed by atoms with van der Waals surface area (Å²) in [7, 11) is 0. The summed E-state index contributed by atoms with van der Waals surface area (Å²) in [5.41, 5.74) is 4.85. The van der Waals surface area contributed by atoms with Crippen LogP contribution in [0.1, 0.15) is 5.56 Å². The third-order valence-electron chi connectivity index (χ3n) is 4.50. The Labute approximate surface area is 211 Å². The average Bonchev–Trinajstić information content (AvgIpc) is 3.24. The lowest BCUT2D eigenvalue weighted by atomic mass is 10.2. The van der Waals surface area contributed by atoms with Crippen LogP contribution < -0.4 is 9.99 Å². The van der Waals surface area contributed by atoms with Crippen LogP contribution in [0.4, 0.5) is 0 Å². The maximum atomic E-state index is 12.4. The van der Waals surface area contributed by atoms with Crippen LogP contribution in [0, 0.1) is 0 Å². The van der Waals surface area contributed by atoms with Crippen molar-refractivity contribution in [3.63, 3.8) is 0 Å². The van der Waals surface area contributed by atoms with Crippen LogP contribution in [0.2, 0.25) is 0 Å². The van der Waals surface area contributed by atoms with Crippen LogP contribution in [-0.2, 0) is 4.79 Å². The van der Waals surface area contributed by atoms with E-state index >= 15 is 0 Å². The highest BCUT2D eigenvalue weighted by molar-refractivity contribution is 9.10. The maximum Gasteiger partial charge on any atom is 0.342 e. The number of aromatic hydroxyl groups is 1. The van der Waals surface area contributed by atoms with Crippen molar-refractivity contribution in [2.24, 2.45) is 5.10 Å². The lowest BCUT2D eigenvalue weighted by molar-refractivity contribution is -0.625. The van der Waals surface area contributed by atoms with Gasteiger partial charge < -0.3 is 5.11 Å². The van der Waals surface area contributed by atoms with Crippen LogP contribution in [-0.4, -0.2) is 33.2 Å². The second-order valence-corrected chi connectivity index (χ2v) is 9.59. The Morgan fingerprint density at radius 1 is 1.09 bits per heavy atom. The van der Waals surface area contributed by atoms with Gasteiger partial charge >= 0.3 is 5.16 Å². The average molecular weight is 588 g/mol. The topological polar surface area (TPSA) is 94.3 Å². The molecular weight excluding hydrogens is 570 g/mol. The first kappa shape index (κ1) is 23.2. The number of carbonyl (C=O) groups is 1. The Kier molecular flexibility index (Phi) is 7.58. The number of phenolic OH excluding ortho intramolecular Hbond substituents is 1. The van der Waals surface area contributed by atoms with Gasteiger partial charge in [-0.1, -0.05) is 56.1 Å². The van der Waals surface area contributed by atoms with E-state index in [2.05, 4.69) is 52.6 Å². The zero-order chi connectivity index (χ0) is 23.2. The number of para-hydroxylation sites is 1. The Morgan fingerprint density at radius 2 is 1.88 bits per heavy atom. The van der Waals surface area contributed by atoms with E-state index in [1.54, 1.807) is 18.2 Å². The van der Waals surface area contributed by atoms with E-state index in [9.17, 15) is 9.90 Å². The lowest BCUT2D eigenvalue weighted by Crippen LogP contribution is -2.34. The predicted molar refractivity (Wildman–Crippen MR) is 136 cm³/mol. The predicted octanol–water partition coefficient (Wildman–Crippen LogP) is 4.83. The molecule has 0 atom stereocenters. The van der Waals surface area contributed by atoms with Crippen molar-refractivity contribution in [2.45, 2.75) is 5.16 Å². The smallest absolute Gasteiger partial charge is 0.342 e. The molecule has 3 N–H and O–H groups in total. The highest BCUT2D eigenvalue weighted by Gasteiger charge is 2.24. The van der Waals surface area contributed by atoms with Gasteiger partial charge in [0.1, 0.15) is 11.4 Å². The Bertz CT molecular complexity index is 1310. The third-order valence-corrected chi connectivity index (χ3v) is 6.42. The van der Waals surface area contributed by atoms with E-state index in [4.69, 9.17) is 0 Å². The largest absolute Gasteiger partial charge is 0.507 e. The first-order chi connectivity index (χ1) is 16.0.